The molecular weight excluding hydrogens is 286 g/mol. The molecule has 114 valence electrons. The van der Waals surface area contributed by atoms with Crippen molar-refractivity contribution in [1.29, 1.82) is 0 Å². The third-order valence-electron chi connectivity index (χ3n) is 3.75. The minimum absolute atomic E-state index is 0.0622. The SMILES string of the molecule is O=C(O)CC1COCCN1C(=O)CC1CCS(=O)(=O)C1. The third kappa shape index (κ3) is 3.92. The number of carboxylic acids is 1. The number of sulfone groups is 1. The van der Waals surface area contributed by atoms with E-state index in [1.807, 2.05) is 0 Å². The lowest BCUT2D eigenvalue weighted by atomic mass is 10.0. The fourth-order valence-electron chi connectivity index (χ4n) is 2.75. The molecule has 1 N–H and O–H groups in total. The maximum atomic E-state index is 12.2. The van der Waals surface area contributed by atoms with E-state index in [0.29, 0.717) is 19.6 Å². The zero-order valence-electron chi connectivity index (χ0n) is 11.2. The second-order valence-electron chi connectivity index (χ2n) is 5.39. The van der Waals surface area contributed by atoms with Gasteiger partial charge in [-0.25, -0.2) is 8.42 Å². The first-order valence-corrected chi connectivity index (χ1v) is 8.49. The molecule has 2 aliphatic heterocycles. The van der Waals surface area contributed by atoms with Crippen molar-refractivity contribution in [3.63, 3.8) is 0 Å². The van der Waals surface area contributed by atoms with E-state index in [4.69, 9.17) is 9.84 Å². The van der Waals surface area contributed by atoms with Crippen molar-refractivity contribution >= 4 is 21.7 Å². The van der Waals surface area contributed by atoms with Crippen LogP contribution < -0.4 is 0 Å². The summed E-state index contributed by atoms with van der Waals surface area (Å²) in [6.45, 7) is 0.988. The Hall–Kier alpha value is -1.15. The van der Waals surface area contributed by atoms with Gasteiger partial charge < -0.3 is 14.7 Å². The number of morpholine rings is 1. The number of carbonyl (C=O) groups excluding carboxylic acids is 1. The summed E-state index contributed by atoms with van der Waals surface area (Å²) in [5.74, 6) is -1.07. The molecule has 8 heteroatoms. The van der Waals surface area contributed by atoms with E-state index in [1.165, 1.54) is 4.90 Å². The predicted molar refractivity (Wildman–Crippen MR) is 70.0 cm³/mol. The minimum Gasteiger partial charge on any atom is -0.481 e. The molecule has 0 radical (unpaired) electrons. The van der Waals surface area contributed by atoms with Crippen molar-refractivity contribution in [2.24, 2.45) is 5.92 Å². The van der Waals surface area contributed by atoms with Gasteiger partial charge in [-0.05, 0) is 12.3 Å². The molecule has 2 saturated heterocycles. The molecule has 2 heterocycles. The molecule has 0 aromatic carbocycles. The van der Waals surface area contributed by atoms with Gasteiger partial charge in [0.1, 0.15) is 0 Å². The number of rotatable bonds is 4. The number of aliphatic carboxylic acids is 1. The van der Waals surface area contributed by atoms with Crippen LogP contribution in [0.25, 0.3) is 0 Å². The van der Waals surface area contributed by atoms with Crippen LogP contribution in [0.1, 0.15) is 19.3 Å². The number of carboxylic acid groups (broad SMARTS) is 1. The average molecular weight is 305 g/mol. The summed E-state index contributed by atoms with van der Waals surface area (Å²) in [7, 11) is -2.99. The molecule has 2 aliphatic rings. The number of carbonyl (C=O) groups is 2. The van der Waals surface area contributed by atoms with Crippen LogP contribution in [0.3, 0.4) is 0 Å². The first-order chi connectivity index (χ1) is 9.37. The largest absolute Gasteiger partial charge is 0.481 e. The van der Waals surface area contributed by atoms with E-state index in [2.05, 4.69) is 0 Å². The maximum Gasteiger partial charge on any atom is 0.305 e. The topological polar surface area (TPSA) is 101 Å². The second kappa shape index (κ2) is 6.09. The highest BCUT2D eigenvalue weighted by Crippen LogP contribution is 2.23. The Bertz CT molecular complexity index is 488. The van der Waals surface area contributed by atoms with Crippen LogP contribution in [0.15, 0.2) is 0 Å². The summed E-state index contributed by atoms with van der Waals surface area (Å²) < 4.78 is 28.0. The van der Waals surface area contributed by atoms with E-state index in [0.717, 1.165) is 0 Å². The minimum atomic E-state index is -2.99. The Morgan fingerprint density at radius 1 is 1.30 bits per heavy atom. The molecule has 2 unspecified atom stereocenters. The Labute approximate surface area is 117 Å². The van der Waals surface area contributed by atoms with Crippen molar-refractivity contribution in [3.05, 3.63) is 0 Å². The van der Waals surface area contributed by atoms with Gasteiger partial charge in [0.15, 0.2) is 9.84 Å². The van der Waals surface area contributed by atoms with Gasteiger partial charge in [0.25, 0.3) is 0 Å². The molecule has 20 heavy (non-hydrogen) atoms. The zero-order valence-corrected chi connectivity index (χ0v) is 12.0. The van der Waals surface area contributed by atoms with Gasteiger partial charge in [-0.1, -0.05) is 0 Å². The maximum absolute atomic E-state index is 12.2. The van der Waals surface area contributed by atoms with Crippen LogP contribution in [0.2, 0.25) is 0 Å². The van der Waals surface area contributed by atoms with Crippen LogP contribution in [0.4, 0.5) is 0 Å². The molecule has 0 aliphatic carbocycles. The Morgan fingerprint density at radius 3 is 2.65 bits per heavy atom. The molecular formula is C12H19NO6S. The van der Waals surface area contributed by atoms with Crippen LogP contribution in [-0.2, 0) is 24.2 Å². The van der Waals surface area contributed by atoms with E-state index in [-0.39, 0.29) is 42.8 Å². The summed E-state index contributed by atoms with van der Waals surface area (Å²) >= 11 is 0. The number of hydrogen-bond acceptors (Lipinski definition) is 5. The molecule has 0 spiro atoms. The quantitative estimate of drug-likeness (QED) is 0.752. The van der Waals surface area contributed by atoms with Crippen LogP contribution in [0.5, 0.6) is 0 Å². The number of ether oxygens (including phenoxy) is 1. The monoisotopic (exact) mass is 305 g/mol. The molecule has 0 saturated carbocycles. The smallest absolute Gasteiger partial charge is 0.305 e. The van der Waals surface area contributed by atoms with Crippen LogP contribution in [-0.4, -0.2) is 67.6 Å². The van der Waals surface area contributed by atoms with Crippen LogP contribution >= 0.6 is 0 Å². The van der Waals surface area contributed by atoms with E-state index in [1.54, 1.807) is 0 Å². The predicted octanol–water partition coefficient (Wildman–Crippen LogP) is -0.487. The van der Waals surface area contributed by atoms with Crippen molar-refractivity contribution in [2.75, 3.05) is 31.3 Å². The van der Waals surface area contributed by atoms with Crippen molar-refractivity contribution < 1.29 is 27.9 Å². The Kier molecular flexibility index (Phi) is 4.64. The van der Waals surface area contributed by atoms with Gasteiger partial charge in [0.05, 0.1) is 37.2 Å². The normalized spacial score (nSPS) is 29.3. The van der Waals surface area contributed by atoms with E-state index < -0.39 is 21.8 Å². The van der Waals surface area contributed by atoms with Gasteiger partial charge in [0.2, 0.25) is 5.91 Å². The molecule has 1 amide bonds. The number of hydrogen-bond donors (Lipinski definition) is 1. The molecule has 0 aromatic rings. The van der Waals surface area contributed by atoms with E-state index in [9.17, 15) is 18.0 Å². The van der Waals surface area contributed by atoms with Gasteiger partial charge >= 0.3 is 5.97 Å². The van der Waals surface area contributed by atoms with Gasteiger partial charge in [-0.3, -0.25) is 9.59 Å². The fourth-order valence-corrected chi connectivity index (χ4v) is 4.61. The molecule has 0 bridgehead atoms. The number of nitrogens with zero attached hydrogens (tertiary/aromatic N) is 1. The summed E-state index contributed by atoms with van der Waals surface area (Å²) in [6.07, 6.45) is 0.548. The number of amides is 1. The first-order valence-electron chi connectivity index (χ1n) is 6.67. The fraction of sp³-hybridized carbons (Fsp3) is 0.833. The summed E-state index contributed by atoms with van der Waals surface area (Å²) in [5, 5.41) is 8.85. The van der Waals surface area contributed by atoms with Gasteiger partial charge in [-0.2, -0.15) is 0 Å². The highest BCUT2D eigenvalue weighted by molar-refractivity contribution is 7.91. The lowest BCUT2D eigenvalue weighted by molar-refractivity contribution is -0.146. The standard InChI is InChI=1S/C12H19NO6S/c14-11(5-9-1-4-20(17,18)8-9)13-2-3-19-7-10(13)6-12(15)16/h9-10H,1-8H2,(H,15,16). The molecule has 7 nitrogen and oxygen atoms in total. The average Bonchev–Trinajstić information content (AvgIpc) is 2.68. The van der Waals surface area contributed by atoms with Crippen molar-refractivity contribution in [2.45, 2.75) is 25.3 Å². The Morgan fingerprint density at radius 2 is 2.05 bits per heavy atom. The van der Waals surface area contributed by atoms with Crippen molar-refractivity contribution in [1.82, 2.24) is 4.90 Å². The highest BCUT2D eigenvalue weighted by atomic mass is 32.2. The summed E-state index contributed by atoms with van der Waals surface area (Å²) in [6, 6.07) is -0.452. The van der Waals surface area contributed by atoms with Crippen LogP contribution in [0, 0.1) is 5.92 Å². The Balaban J connectivity index is 1.94. The van der Waals surface area contributed by atoms with Gasteiger partial charge in [-0.15, -0.1) is 0 Å². The van der Waals surface area contributed by atoms with Gasteiger partial charge in [0, 0.05) is 13.0 Å². The molecule has 2 atom stereocenters. The third-order valence-corrected chi connectivity index (χ3v) is 5.59. The molecule has 2 fully saturated rings. The van der Waals surface area contributed by atoms with Crippen molar-refractivity contribution in [3.8, 4) is 0 Å². The molecule has 0 aromatic heterocycles. The highest BCUT2D eigenvalue weighted by Gasteiger charge is 2.34. The first kappa shape index (κ1) is 15.2. The second-order valence-corrected chi connectivity index (χ2v) is 7.62. The van der Waals surface area contributed by atoms with E-state index >= 15 is 0 Å². The lowest BCUT2D eigenvalue weighted by Crippen LogP contribution is -2.50. The summed E-state index contributed by atoms with van der Waals surface area (Å²) in [5.41, 5.74) is 0. The molecule has 2 rings (SSSR count). The summed E-state index contributed by atoms with van der Waals surface area (Å²) in [4.78, 5) is 24.6. The zero-order chi connectivity index (χ0) is 14.8. The lowest BCUT2D eigenvalue weighted by Gasteiger charge is -2.35.